The van der Waals surface area contributed by atoms with Gasteiger partial charge in [0.25, 0.3) is 0 Å². The van der Waals surface area contributed by atoms with E-state index < -0.39 is 0 Å². The van der Waals surface area contributed by atoms with Gasteiger partial charge in [0.1, 0.15) is 0 Å². The first-order chi connectivity index (χ1) is 8.20. The van der Waals surface area contributed by atoms with Crippen molar-refractivity contribution in [3.05, 3.63) is 23.4 Å². The number of carbonyl (C=O) groups excluding carboxylic acids is 1. The van der Waals surface area contributed by atoms with Gasteiger partial charge in [-0.1, -0.05) is 13.0 Å². The molecule has 0 fully saturated rings. The van der Waals surface area contributed by atoms with Crippen molar-refractivity contribution in [3.8, 4) is 0 Å². The highest BCUT2D eigenvalue weighted by Crippen LogP contribution is 2.25. The quantitative estimate of drug-likeness (QED) is 0.609. The lowest BCUT2D eigenvalue weighted by molar-refractivity contribution is -0.143. The summed E-state index contributed by atoms with van der Waals surface area (Å²) in [5.74, 6) is 0.483. The fourth-order valence-corrected chi connectivity index (χ4v) is 2.86. The number of pyridine rings is 1. The third-order valence-electron chi connectivity index (χ3n) is 2.99. The second-order valence-electron chi connectivity index (χ2n) is 4.34. The fourth-order valence-electron chi connectivity index (χ4n) is 1.96. The van der Waals surface area contributed by atoms with Gasteiger partial charge in [0, 0.05) is 11.4 Å². The molecule has 0 aromatic carbocycles. The van der Waals surface area contributed by atoms with E-state index in [1.54, 1.807) is 11.8 Å². The molecule has 0 saturated carbocycles. The molecule has 0 bridgehead atoms. The lowest BCUT2D eigenvalue weighted by Crippen LogP contribution is -2.14. The van der Waals surface area contributed by atoms with Crippen molar-refractivity contribution in [1.29, 1.82) is 0 Å². The van der Waals surface area contributed by atoms with Crippen LogP contribution < -0.4 is 0 Å². The molecule has 0 N–H and O–H groups in total. The van der Waals surface area contributed by atoms with E-state index in [-0.39, 0.29) is 11.9 Å². The van der Waals surface area contributed by atoms with Gasteiger partial charge in [-0.05, 0) is 30.9 Å². The normalized spacial score (nSPS) is 15.4. The van der Waals surface area contributed by atoms with Crippen molar-refractivity contribution in [3.63, 3.8) is 0 Å². The Kier molecular flexibility index (Phi) is 4.05. The van der Waals surface area contributed by atoms with Gasteiger partial charge < -0.3 is 4.74 Å². The Morgan fingerprint density at radius 1 is 1.53 bits per heavy atom. The monoisotopic (exact) mass is 251 g/mol. The van der Waals surface area contributed by atoms with E-state index in [9.17, 15) is 4.79 Å². The lowest BCUT2D eigenvalue weighted by atomic mass is 10.2. The van der Waals surface area contributed by atoms with E-state index in [2.05, 4.69) is 17.1 Å². The molecular formula is C13H17NO2S. The van der Waals surface area contributed by atoms with Gasteiger partial charge in [0.05, 0.1) is 18.1 Å². The topological polar surface area (TPSA) is 39.2 Å². The van der Waals surface area contributed by atoms with Gasteiger partial charge in [-0.15, -0.1) is 11.8 Å². The molecule has 17 heavy (non-hydrogen) atoms. The summed E-state index contributed by atoms with van der Waals surface area (Å²) in [5.41, 5.74) is 2.62. The van der Waals surface area contributed by atoms with Crippen LogP contribution in [0.15, 0.2) is 17.2 Å². The summed E-state index contributed by atoms with van der Waals surface area (Å²) in [5, 5.41) is 1.02. The highest BCUT2D eigenvalue weighted by Gasteiger charge is 2.15. The first-order valence-corrected chi connectivity index (χ1v) is 6.88. The smallest absolute Gasteiger partial charge is 0.309 e. The number of thioether (sulfide) groups is 1. The summed E-state index contributed by atoms with van der Waals surface area (Å²) in [4.78, 5) is 15.9. The molecule has 0 amide bonds. The second kappa shape index (κ2) is 5.54. The minimum atomic E-state index is -0.154. The van der Waals surface area contributed by atoms with Crippen molar-refractivity contribution in [2.45, 2.75) is 31.2 Å². The Morgan fingerprint density at radius 3 is 3.12 bits per heavy atom. The lowest BCUT2D eigenvalue weighted by Gasteiger charge is -2.08. The Balaban J connectivity index is 1.93. The molecule has 0 spiro atoms. The third kappa shape index (κ3) is 3.00. The maximum Gasteiger partial charge on any atom is 0.309 e. The number of esters is 1. The zero-order chi connectivity index (χ0) is 12.3. The Labute approximate surface area is 106 Å². The largest absolute Gasteiger partial charge is 0.469 e. The maximum absolute atomic E-state index is 11.3. The molecule has 1 aromatic rings. The molecule has 0 aliphatic heterocycles. The van der Waals surface area contributed by atoms with Crippen molar-refractivity contribution in [2.75, 3.05) is 12.9 Å². The highest BCUT2D eigenvalue weighted by atomic mass is 32.2. The number of aryl methyl sites for hydroxylation is 2. The Hall–Kier alpha value is -1.03. The number of nitrogens with zero attached hydrogens (tertiary/aromatic N) is 1. The number of aromatic nitrogens is 1. The third-order valence-corrected chi connectivity index (χ3v) is 4.18. The van der Waals surface area contributed by atoms with E-state index in [0.29, 0.717) is 0 Å². The maximum atomic E-state index is 11.3. The average Bonchev–Trinajstić information content (AvgIpc) is 2.82. The van der Waals surface area contributed by atoms with E-state index >= 15 is 0 Å². The van der Waals surface area contributed by atoms with Crippen LogP contribution in [-0.4, -0.2) is 23.8 Å². The van der Waals surface area contributed by atoms with Crippen molar-refractivity contribution >= 4 is 17.7 Å². The average molecular weight is 251 g/mol. The molecule has 4 heteroatoms. The van der Waals surface area contributed by atoms with Gasteiger partial charge in [0.15, 0.2) is 0 Å². The molecule has 0 saturated heterocycles. The van der Waals surface area contributed by atoms with Crippen molar-refractivity contribution in [2.24, 2.45) is 5.92 Å². The number of carbonyl (C=O) groups is 1. The van der Waals surface area contributed by atoms with Crippen LogP contribution in [0.3, 0.4) is 0 Å². The van der Waals surface area contributed by atoms with Crippen LogP contribution in [0.4, 0.5) is 0 Å². The second-order valence-corrected chi connectivity index (χ2v) is 5.38. The summed E-state index contributed by atoms with van der Waals surface area (Å²) < 4.78 is 4.70. The standard InChI is InChI=1S/C13H17NO2S/c1-9(13(15)16-2)8-17-12-7-6-10-4-3-5-11(10)14-12/h6-7,9H,3-5,8H2,1-2H3. The minimum absolute atomic E-state index is 0.0833. The fraction of sp³-hybridized carbons (Fsp3) is 0.538. The molecular weight excluding hydrogens is 234 g/mol. The van der Waals surface area contributed by atoms with Gasteiger partial charge >= 0.3 is 5.97 Å². The van der Waals surface area contributed by atoms with E-state index in [0.717, 1.165) is 23.6 Å². The molecule has 1 aliphatic carbocycles. The summed E-state index contributed by atoms with van der Waals surface area (Å²) in [7, 11) is 1.43. The summed E-state index contributed by atoms with van der Waals surface area (Å²) >= 11 is 1.63. The van der Waals surface area contributed by atoms with Crippen LogP contribution in [0.5, 0.6) is 0 Å². The van der Waals surface area contributed by atoms with Gasteiger partial charge in [-0.2, -0.15) is 0 Å². The van der Waals surface area contributed by atoms with Crippen LogP contribution in [0.1, 0.15) is 24.6 Å². The van der Waals surface area contributed by atoms with E-state index in [1.807, 2.05) is 6.92 Å². The van der Waals surface area contributed by atoms with E-state index in [1.165, 1.54) is 24.8 Å². The van der Waals surface area contributed by atoms with Crippen LogP contribution in [0, 0.1) is 5.92 Å². The number of hydrogen-bond donors (Lipinski definition) is 0. The Morgan fingerprint density at radius 2 is 2.35 bits per heavy atom. The predicted octanol–water partition coefficient (Wildman–Crippen LogP) is 2.47. The van der Waals surface area contributed by atoms with Crippen molar-refractivity contribution in [1.82, 2.24) is 4.98 Å². The predicted molar refractivity (Wildman–Crippen MR) is 68.2 cm³/mol. The van der Waals surface area contributed by atoms with Crippen LogP contribution in [-0.2, 0) is 22.4 Å². The molecule has 1 aromatic heterocycles. The summed E-state index contributed by atoms with van der Waals surface area (Å²) in [6.07, 6.45) is 3.47. The van der Waals surface area contributed by atoms with Gasteiger partial charge in [0.2, 0.25) is 0 Å². The van der Waals surface area contributed by atoms with Crippen LogP contribution in [0.2, 0.25) is 0 Å². The number of methoxy groups -OCH3 is 1. The molecule has 1 unspecified atom stereocenters. The number of rotatable bonds is 4. The van der Waals surface area contributed by atoms with Crippen molar-refractivity contribution < 1.29 is 9.53 Å². The SMILES string of the molecule is COC(=O)C(C)CSc1ccc2c(n1)CCC2. The Bertz CT molecular complexity index is 420. The molecule has 1 aliphatic rings. The zero-order valence-electron chi connectivity index (χ0n) is 10.2. The van der Waals surface area contributed by atoms with Gasteiger partial charge in [-0.25, -0.2) is 4.98 Å². The highest BCUT2D eigenvalue weighted by molar-refractivity contribution is 7.99. The molecule has 2 rings (SSSR count). The first kappa shape index (κ1) is 12.4. The first-order valence-electron chi connectivity index (χ1n) is 5.90. The van der Waals surface area contributed by atoms with Gasteiger partial charge in [-0.3, -0.25) is 4.79 Å². The summed E-state index contributed by atoms with van der Waals surface area (Å²) in [6.45, 7) is 1.88. The summed E-state index contributed by atoms with van der Waals surface area (Å²) in [6, 6.07) is 4.22. The zero-order valence-corrected chi connectivity index (χ0v) is 11.0. The molecule has 92 valence electrons. The molecule has 1 atom stereocenters. The number of hydrogen-bond acceptors (Lipinski definition) is 4. The number of fused-ring (bicyclic) bond motifs is 1. The molecule has 0 radical (unpaired) electrons. The van der Waals surface area contributed by atoms with E-state index in [4.69, 9.17) is 4.74 Å². The van der Waals surface area contributed by atoms with Crippen LogP contribution >= 0.6 is 11.8 Å². The minimum Gasteiger partial charge on any atom is -0.469 e. The molecule has 3 nitrogen and oxygen atoms in total. The molecule has 1 heterocycles. The van der Waals surface area contributed by atoms with Crippen LogP contribution in [0.25, 0.3) is 0 Å². The number of ether oxygens (including phenoxy) is 1.